The molecule has 0 aliphatic heterocycles. The van der Waals surface area contributed by atoms with Crippen molar-refractivity contribution in [3.8, 4) is 22.6 Å². The van der Waals surface area contributed by atoms with Gasteiger partial charge in [-0.05, 0) is 60.7 Å². The average molecular weight is 647 g/mol. The first kappa shape index (κ1) is 28.2. The minimum absolute atomic E-state index is 0. The Labute approximate surface area is 221 Å². The molecule has 0 saturated heterocycles. The number of aliphatic hydroxyl groups excluding tert-OH is 1. The summed E-state index contributed by atoms with van der Waals surface area (Å²) in [5.41, 5.74) is 7.39. The van der Waals surface area contributed by atoms with Crippen molar-refractivity contribution in [3.63, 3.8) is 0 Å². The van der Waals surface area contributed by atoms with Crippen LogP contribution in [0.2, 0.25) is 0 Å². The maximum atomic E-state index is 10.0. The fourth-order valence-corrected chi connectivity index (χ4v) is 3.55. The summed E-state index contributed by atoms with van der Waals surface area (Å²) >= 11 is 0. The molecule has 0 aliphatic carbocycles. The summed E-state index contributed by atoms with van der Waals surface area (Å²) in [6, 6.07) is 24.0. The van der Waals surface area contributed by atoms with Crippen LogP contribution in [0.4, 0.5) is 0 Å². The van der Waals surface area contributed by atoms with E-state index in [2.05, 4.69) is 52.0 Å². The molecule has 4 aromatic rings. The number of benzene rings is 2. The molecule has 0 fully saturated rings. The second-order valence-electron chi connectivity index (χ2n) is 9.06. The van der Waals surface area contributed by atoms with Crippen molar-refractivity contribution in [2.45, 2.75) is 53.4 Å². The van der Waals surface area contributed by atoms with Gasteiger partial charge >= 0.3 is 0 Å². The van der Waals surface area contributed by atoms with E-state index in [1.807, 2.05) is 42.5 Å². The van der Waals surface area contributed by atoms with Crippen molar-refractivity contribution >= 4 is 16.9 Å². The van der Waals surface area contributed by atoms with Crippen molar-refractivity contribution in [2.24, 2.45) is 0 Å². The Morgan fingerprint density at radius 3 is 2.11 bits per heavy atom. The van der Waals surface area contributed by atoms with Gasteiger partial charge in [0, 0.05) is 37.8 Å². The molecule has 0 spiro atoms. The number of nitrogens with zero attached hydrogens (tertiary/aromatic N) is 1. The zero-order valence-corrected chi connectivity index (χ0v) is 23.4. The number of hydrogen-bond donors (Lipinski definition) is 1. The van der Waals surface area contributed by atoms with E-state index in [4.69, 9.17) is 14.5 Å². The summed E-state index contributed by atoms with van der Waals surface area (Å²) in [5, 5.41) is 8.36. The van der Waals surface area contributed by atoms with Gasteiger partial charge in [-0.3, -0.25) is 9.78 Å². The van der Waals surface area contributed by atoms with Crippen LogP contribution in [-0.4, -0.2) is 15.9 Å². The van der Waals surface area contributed by atoms with Gasteiger partial charge in [0.2, 0.25) is 0 Å². The predicted octanol–water partition coefficient (Wildman–Crippen LogP) is 8.24. The number of rotatable bonds is 5. The molecule has 35 heavy (non-hydrogen) atoms. The molecule has 2 heterocycles. The number of hydrogen-bond acceptors (Lipinski definition) is 4. The Hall–Kier alpha value is -3.01. The molecule has 0 amide bonds. The van der Waals surface area contributed by atoms with Crippen LogP contribution in [0.1, 0.15) is 64.5 Å². The standard InChI is InChI=1S/C25H24NO.C5H8O2.Ir/c1-16(2)19-12-20(17(3)4)14-21(13-19)25-15-23-24(27-25)11-10-22(26-23)18-8-6-5-7-9-18;1-4(6)3-5(2)7;/h5-8,10-17H,1-4H3;3,6H,1-2H3;/q-1;;/b;4-3-;. The number of fused-ring (bicyclic) bond motifs is 1. The van der Waals surface area contributed by atoms with Crippen LogP contribution in [0.5, 0.6) is 0 Å². The third kappa shape index (κ3) is 7.74. The van der Waals surface area contributed by atoms with Gasteiger partial charge < -0.3 is 9.52 Å². The smallest absolute Gasteiger partial charge is 0.155 e. The number of allylic oxidation sites excluding steroid dienone is 2. The summed E-state index contributed by atoms with van der Waals surface area (Å²) < 4.78 is 6.14. The van der Waals surface area contributed by atoms with E-state index in [-0.39, 0.29) is 31.6 Å². The molecular weight excluding hydrogens is 615 g/mol. The SMILES string of the molecule is CC(=O)/C=C(/C)O.CC(C)c1cc(-c2cc3nc(-c4[c-]cccc4)ccc3o2)cc(C(C)C)c1.[Ir]. The van der Waals surface area contributed by atoms with E-state index in [0.717, 1.165) is 33.7 Å². The van der Waals surface area contributed by atoms with Gasteiger partial charge in [0.25, 0.3) is 0 Å². The molecule has 185 valence electrons. The topological polar surface area (TPSA) is 63.3 Å². The Morgan fingerprint density at radius 1 is 0.971 bits per heavy atom. The van der Waals surface area contributed by atoms with Crippen molar-refractivity contribution < 1.29 is 34.4 Å². The number of carbonyl (C=O) groups excluding carboxylic acids is 1. The Morgan fingerprint density at radius 2 is 1.63 bits per heavy atom. The maximum Gasteiger partial charge on any atom is 0.155 e. The molecule has 5 heteroatoms. The summed E-state index contributed by atoms with van der Waals surface area (Å²) in [6.07, 6.45) is 1.17. The normalized spacial score (nSPS) is 11.3. The predicted molar refractivity (Wildman–Crippen MR) is 139 cm³/mol. The van der Waals surface area contributed by atoms with Crippen molar-refractivity contribution in [1.82, 2.24) is 4.98 Å². The summed E-state index contributed by atoms with van der Waals surface area (Å²) in [6.45, 7) is 11.8. The Kier molecular flexibility index (Phi) is 10.2. The summed E-state index contributed by atoms with van der Waals surface area (Å²) in [4.78, 5) is 14.8. The van der Waals surface area contributed by atoms with Gasteiger partial charge in [-0.25, -0.2) is 0 Å². The molecule has 1 radical (unpaired) electrons. The van der Waals surface area contributed by atoms with Gasteiger partial charge in [-0.1, -0.05) is 39.8 Å². The van der Waals surface area contributed by atoms with Crippen molar-refractivity contribution in [1.29, 1.82) is 0 Å². The second kappa shape index (κ2) is 12.6. The van der Waals surface area contributed by atoms with Crippen LogP contribution < -0.4 is 0 Å². The molecule has 2 aromatic heterocycles. The summed E-state index contributed by atoms with van der Waals surface area (Å²) in [5.74, 6) is 1.76. The van der Waals surface area contributed by atoms with Gasteiger partial charge in [0.05, 0.1) is 11.3 Å². The number of carbonyl (C=O) groups is 1. The van der Waals surface area contributed by atoms with Crippen LogP contribution in [0, 0.1) is 6.07 Å². The molecule has 4 rings (SSSR count). The fraction of sp³-hybridized carbons (Fsp3) is 0.267. The maximum absolute atomic E-state index is 10.0. The van der Waals surface area contributed by atoms with E-state index in [9.17, 15) is 4.79 Å². The molecule has 0 atom stereocenters. The third-order valence-electron chi connectivity index (χ3n) is 5.37. The molecule has 0 bridgehead atoms. The Balaban J connectivity index is 0.000000476. The third-order valence-corrected chi connectivity index (χ3v) is 5.37. The second-order valence-corrected chi connectivity index (χ2v) is 9.06. The van der Waals surface area contributed by atoms with Gasteiger partial charge in [0.1, 0.15) is 5.76 Å². The number of aromatic nitrogens is 1. The van der Waals surface area contributed by atoms with Crippen LogP contribution in [0.15, 0.2) is 76.9 Å². The number of furan rings is 1. The quantitative estimate of drug-likeness (QED) is 0.135. The van der Waals surface area contributed by atoms with E-state index in [0.29, 0.717) is 11.8 Å². The van der Waals surface area contributed by atoms with Crippen molar-refractivity contribution in [3.05, 3.63) is 89.7 Å². The van der Waals surface area contributed by atoms with E-state index < -0.39 is 0 Å². The first-order chi connectivity index (χ1) is 16.1. The summed E-state index contributed by atoms with van der Waals surface area (Å²) in [7, 11) is 0. The van der Waals surface area contributed by atoms with Crippen LogP contribution in [0.25, 0.3) is 33.7 Å². The molecule has 1 N–H and O–H groups in total. The largest absolute Gasteiger partial charge is 0.512 e. The number of pyridine rings is 1. The van der Waals surface area contributed by atoms with E-state index >= 15 is 0 Å². The first-order valence-electron chi connectivity index (χ1n) is 11.5. The fourth-order valence-electron chi connectivity index (χ4n) is 3.55. The van der Waals surface area contributed by atoms with Crippen LogP contribution >= 0.6 is 0 Å². The Bertz CT molecular complexity index is 1270. The minimum Gasteiger partial charge on any atom is -0.512 e. The van der Waals surface area contributed by atoms with E-state index in [1.165, 1.54) is 31.1 Å². The van der Waals surface area contributed by atoms with Crippen LogP contribution in [0.3, 0.4) is 0 Å². The first-order valence-corrected chi connectivity index (χ1v) is 11.5. The monoisotopic (exact) mass is 647 g/mol. The molecule has 0 unspecified atom stereocenters. The zero-order valence-electron chi connectivity index (χ0n) is 21.0. The van der Waals surface area contributed by atoms with Gasteiger partial charge in [0.15, 0.2) is 11.4 Å². The van der Waals surface area contributed by atoms with Crippen molar-refractivity contribution in [2.75, 3.05) is 0 Å². The number of aliphatic hydroxyl groups is 1. The minimum atomic E-state index is -0.125. The number of ketones is 1. The molecule has 2 aromatic carbocycles. The molecular formula is C30H32IrNO3-. The van der Waals surface area contributed by atoms with E-state index in [1.54, 1.807) is 0 Å². The molecule has 0 aliphatic rings. The van der Waals surface area contributed by atoms with Gasteiger partial charge in [-0.2, -0.15) is 0 Å². The molecule has 4 nitrogen and oxygen atoms in total. The van der Waals surface area contributed by atoms with Crippen LogP contribution in [-0.2, 0) is 24.9 Å². The zero-order chi connectivity index (χ0) is 24.8. The molecule has 0 saturated carbocycles. The van der Waals surface area contributed by atoms with Gasteiger partial charge in [-0.15, -0.1) is 35.9 Å². The average Bonchev–Trinajstić information content (AvgIpc) is 3.22.